The number of nitrogens with zero attached hydrogens (tertiary/aromatic N) is 3. The normalized spacial score (nSPS) is 10.7. The molecule has 0 aliphatic heterocycles. The van der Waals surface area contributed by atoms with Crippen LogP contribution < -0.4 is 10.9 Å². The molecule has 3 rings (SSSR count). The quantitative estimate of drug-likeness (QED) is 0.803. The van der Waals surface area contributed by atoms with Crippen LogP contribution in [0.5, 0.6) is 0 Å². The molecule has 2 heterocycles. The molecule has 23 heavy (non-hydrogen) atoms. The number of aromatic nitrogens is 3. The minimum atomic E-state index is -0.350. The molecular weight excluding hydrogens is 292 g/mol. The molecule has 1 N–H and O–H groups in total. The van der Waals surface area contributed by atoms with Gasteiger partial charge in [0.25, 0.3) is 11.5 Å². The molecule has 0 bridgehead atoms. The molecule has 6 heteroatoms. The van der Waals surface area contributed by atoms with Crippen LogP contribution in [0.3, 0.4) is 0 Å². The zero-order valence-electron chi connectivity index (χ0n) is 12.7. The van der Waals surface area contributed by atoms with Crippen molar-refractivity contribution in [2.45, 2.75) is 19.9 Å². The summed E-state index contributed by atoms with van der Waals surface area (Å²) in [7, 11) is 0. The van der Waals surface area contributed by atoms with Gasteiger partial charge in [-0.3, -0.25) is 14.6 Å². The predicted molar refractivity (Wildman–Crippen MR) is 88.5 cm³/mol. The van der Waals surface area contributed by atoms with Gasteiger partial charge in [-0.2, -0.15) is 5.10 Å². The maximum Gasteiger partial charge on any atom is 0.276 e. The van der Waals surface area contributed by atoms with Gasteiger partial charge in [-0.15, -0.1) is 0 Å². The molecule has 0 atom stereocenters. The van der Waals surface area contributed by atoms with Gasteiger partial charge in [-0.1, -0.05) is 25.1 Å². The van der Waals surface area contributed by atoms with Crippen LogP contribution in [0, 0.1) is 0 Å². The van der Waals surface area contributed by atoms with E-state index in [1.54, 1.807) is 48.8 Å². The average Bonchev–Trinajstić information content (AvgIpc) is 2.58. The van der Waals surface area contributed by atoms with Crippen LogP contribution in [0.15, 0.2) is 53.6 Å². The van der Waals surface area contributed by atoms with Crippen LogP contribution in [-0.4, -0.2) is 20.7 Å². The van der Waals surface area contributed by atoms with Crippen LogP contribution in [-0.2, 0) is 6.54 Å². The molecule has 0 radical (unpaired) electrons. The molecule has 0 unspecified atom stereocenters. The van der Waals surface area contributed by atoms with E-state index in [9.17, 15) is 9.59 Å². The van der Waals surface area contributed by atoms with E-state index < -0.39 is 0 Å². The first-order valence-corrected chi connectivity index (χ1v) is 7.42. The number of hydrogen-bond donors (Lipinski definition) is 1. The third-order valence-electron chi connectivity index (χ3n) is 3.46. The van der Waals surface area contributed by atoms with Gasteiger partial charge in [0.1, 0.15) is 0 Å². The van der Waals surface area contributed by atoms with Crippen molar-refractivity contribution in [3.8, 4) is 0 Å². The summed E-state index contributed by atoms with van der Waals surface area (Å²) in [6, 6.07) is 10.4. The van der Waals surface area contributed by atoms with Crippen LogP contribution in [0.1, 0.15) is 23.8 Å². The van der Waals surface area contributed by atoms with Gasteiger partial charge >= 0.3 is 0 Å². The molecule has 0 saturated heterocycles. The van der Waals surface area contributed by atoms with Crippen LogP contribution >= 0.6 is 0 Å². The smallest absolute Gasteiger partial charge is 0.276 e. The summed E-state index contributed by atoms with van der Waals surface area (Å²) in [4.78, 5) is 28.9. The van der Waals surface area contributed by atoms with Crippen molar-refractivity contribution in [3.63, 3.8) is 0 Å². The number of carbonyl (C=O) groups excluding carboxylic acids is 1. The first-order chi connectivity index (χ1) is 11.2. The number of pyridine rings is 1. The van der Waals surface area contributed by atoms with Crippen LogP contribution in [0.2, 0.25) is 0 Å². The maximum atomic E-state index is 12.6. The van der Waals surface area contributed by atoms with Gasteiger partial charge in [0, 0.05) is 30.0 Å². The second kappa shape index (κ2) is 6.39. The fourth-order valence-electron chi connectivity index (χ4n) is 2.39. The zero-order chi connectivity index (χ0) is 16.2. The Morgan fingerprint density at radius 2 is 1.83 bits per heavy atom. The minimum Gasteiger partial charge on any atom is -0.320 e. The Kier molecular flexibility index (Phi) is 4.14. The summed E-state index contributed by atoms with van der Waals surface area (Å²) in [5.41, 5.74) is 0.692. The number of anilines is 1. The molecular formula is C17H16N4O2. The predicted octanol–water partition coefficient (Wildman–Crippen LogP) is 2.45. The van der Waals surface area contributed by atoms with Gasteiger partial charge in [-0.25, -0.2) is 4.68 Å². The standard InChI is InChI=1S/C17H16N4O2/c1-2-11-21-17(23)14-6-4-3-5-13(14)15(20-21)16(22)19-12-7-9-18-10-8-12/h3-10H,2,11H2,1H3,(H,18,19,22). The number of amides is 1. The van der Waals surface area contributed by atoms with Crippen molar-refractivity contribution in [1.82, 2.24) is 14.8 Å². The molecule has 0 fully saturated rings. The molecule has 0 saturated carbocycles. The molecule has 2 aromatic heterocycles. The average molecular weight is 308 g/mol. The second-order valence-corrected chi connectivity index (χ2v) is 5.11. The Bertz CT molecular complexity index is 903. The van der Waals surface area contributed by atoms with E-state index in [2.05, 4.69) is 15.4 Å². The summed E-state index contributed by atoms with van der Waals surface area (Å²) in [5.74, 6) is -0.350. The van der Waals surface area contributed by atoms with Gasteiger partial charge in [0.05, 0.1) is 5.39 Å². The SMILES string of the molecule is CCCn1nc(C(=O)Nc2ccncc2)c2ccccc2c1=O. The summed E-state index contributed by atoms with van der Waals surface area (Å²) >= 11 is 0. The Morgan fingerprint density at radius 3 is 2.52 bits per heavy atom. The lowest BCUT2D eigenvalue weighted by atomic mass is 10.1. The number of benzene rings is 1. The number of rotatable bonds is 4. The van der Waals surface area contributed by atoms with E-state index in [1.165, 1.54) is 4.68 Å². The first kappa shape index (κ1) is 14.9. The highest BCUT2D eigenvalue weighted by molar-refractivity contribution is 6.11. The second-order valence-electron chi connectivity index (χ2n) is 5.11. The van der Waals surface area contributed by atoms with Crippen LogP contribution in [0.25, 0.3) is 10.8 Å². The van der Waals surface area contributed by atoms with Gasteiger partial charge in [0.2, 0.25) is 0 Å². The largest absolute Gasteiger partial charge is 0.320 e. The lowest BCUT2D eigenvalue weighted by Crippen LogP contribution is -2.27. The van der Waals surface area contributed by atoms with Crippen LogP contribution in [0.4, 0.5) is 5.69 Å². The van der Waals surface area contributed by atoms with Gasteiger partial charge in [0.15, 0.2) is 5.69 Å². The molecule has 0 spiro atoms. The molecule has 0 aliphatic rings. The highest BCUT2D eigenvalue weighted by Crippen LogP contribution is 2.15. The van der Waals surface area contributed by atoms with Crippen molar-refractivity contribution < 1.29 is 4.79 Å². The molecule has 1 aromatic carbocycles. The third kappa shape index (κ3) is 2.96. The molecule has 1 amide bonds. The van der Waals surface area contributed by atoms with E-state index in [-0.39, 0.29) is 17.2 Å². The first-order valence-electron chi connectivity index (χ1n) is 7.42. The molecule has 0 aliphatic carbocycles. The summed E-state index contributed by atoms with van der Waals surface area (Å²) < 4.78 is 1.35. The number of aryl methyl sites for hydroxylation is 1. The maximum absolute atomic E-state index is 12.6. The van der Waals surface area contributed by atoms with E-state index >= 15 is 0 Å². The van der Waals surface area contributed by atoms with E-state index in [0.29, 0.717) is 23.0 Å². The van der Waals surface area contributed by atoms with E-state index in [1.807, 2.05) is 6.92 Å². The van der Waals surface area contributed by atoms with Gasteiger partial charge < -0.3 is 5.32 Å². The number of carbonyl (C=O) groups is 1. The highest BCUT2D eigenvalue weighted by Gasteiger charge is 2.16. The Morgan fingerprint density at radius 1 is 1.13 bits per heavy atom. The van der Waals surface area contributed by atoms with Gasteiger partial charge in [-0.05, 0) is 24.6 Å². The third-order valence-corrected chi connectivity index (χ3v) is 3.46. The zero-order valence-corrected chi connectivity index (χ0v) is 12.7. The Labute approximate surface area is 132 Å². The molecule has 6 nitrogen and oxygen atoms in total. The lowest BCUT2D eigenvalue weighted by Gasteiger charge is -2.10. The fraction of sp³-hybridized carbons (Fsp3) is 0.176. The van der Waals surface area contributed by atoms with E-state index in [4.69, 9.17) is 0 Å². The fourth-order valence-corrected chi connectivity index (χ4v) is 2.39. The lowest BCUT2D eigenvalue weighted by molar-refractivity contribution is 0.102. The van der Waals surface area contributed by atoms with Crippen molar-refractivity contribution in [3.05, 3.63) is 64.8 Å². The summed E-state index contributed by atoms with van der Waals surface area (Å²) in [6.45, 7) is 2.43. The summed E-state index contributed by atoms with van der Waals surface area (Å²) in [6.07, 6.45) is 3.95. The van der Waals surface area contributed by atoms with Crippen molar-refractivity contribution in [2.24, 2.45) is 0 Å². The number of nitrogens with one attached hydrogen (secondary N) is 1. The topological polar surface area (TPSA) is 76.9 Å². The number of hydrogen-bond acceptors (Lipinski definition) is 4. The molecule has 3 aromatic rings. The van der Waals surface area contributed by atoms with Crippen molar-refractivity contribution in [2.75, 3.05) is 5.32 Å². The monoisotopic (exact) mass is 308 g/mol. The Balaban J connectivity index is 2.10. The molecule has 116 valence electrons. The van der Waals surface area contributed by atoms with Crippen molar-refractivity contribution in [1.29, 1.82) is 0 Å². The highest BCUT2D eigenvalue weighted by atomic mass is 16.2. The summed E-state index contributed by atoms with van der Waals surface area (Å²) in [5, 5.41) is 8.09. The Hall–Kier alpha value is -3.02. The number of fused-ring (bicyclic) bond motifs is 1. The minimum absolute atomic E-state index is 0.178. The van der Waals surface area contributed by atoms with E-state index in [0.717, 1.165) is 6.42 Å². The van der Waals surface area contributed by atoms with Crippen molar-refractivity contribution >= 4 is 22.4 Å².